The van der Waals surface area contributed by atoms with Crippen molar-refractivity contribution in [3.05, 3.63) is 200 Å². The van der Waals surface area contributed by atoms with E-state index in [1.54, 1.807) is 0 Å². The van der Waals surface area contributed by atoms with Crippen molar-refractivity contribution in [3.63, 3.8) is 0 Å². The van der Waals surface area contributed by atoms with Crippen LogP contribution in [0.2, 0.25) is 0 Å². The summed E-state index contributed by atoms with van der Waals surface area (Å²) in [4.78, 5) is 2.17. The molecule has 0 aliphatic carbocycles. The maximum atomic E-state index is 8.49. The molecule has 9 aromatic rings. The van der Waals surface area contributed by atoms with Gasteiger partial charge in [0.15, 0.2) is 0 Å². The van der Waals surface area contributed by atoms with Crippen LogP contribution in [0.25, 0.3) is 64.7 Å². The van der Waals surface area contributed by atoms with Crippen molar-refractivity contribution < 1.29 is 6.85 Å². The van der Waals surface area contributed by atoms with Crippen LogP contribution in [0.3, 0.4) is 0 Å². The molecule has 236 valence electrons. The quantitative estimate of drug-likeness (QED) is 0.164. The Morgan fingerprint density at radius 3 is 1.42 bits per heavy atom. The number of hydrogen-bond acceptors (Lipinski definition) is 2. The van der Waals surface area contributed by atoms with E-state index in [2.05, 4.69) is 132 Å². The number of hydrogen-bond donors (Lipinski definition) is 0. The standard InChI is InChI=1S/C48H33NS/c1-3-10-34(11-4-1)37-22-28-41(29-23-37)49(42-30-24-38(25-31-42)35-12-5-2-6-13-35)43-32-26-39(27-33-43)36-18-20-40(21-19-36)44-15-9-16-46-45-14-7-8-17-47(45)50-48(44)46/h1-33H/i1D,3D,4D,10D,11D. The van der Waals surface area contributed by atoms with Crippen LogP contribution in [0.1, 0.15) is 6.85 Å². The third-order valence-electron chi connectivity index (χ3n) is 9.21. The lowest BCUT2D eigenvalue weighted by atomic mass is 9.98. The molecule has 0 saturated carbocycles. The van der Waals surface area contributed by atoms with E-state index >= 15 is 0 Å². The summed E-state index contributed by atoms with van der Waals surface area (Å²) in [5.74, 6) is 0. The van der Waals surface area contributed by atoms with Gasteiger partial charge in [0.05, 0.1) is 6.85 Å². The number of nitrogens with zero attached hydrogens (tertiary/aromatic N) is 1. The topological polar surface area (TPSA) is 3.24 Å². The Morgan fingerprint density at radius 2 is 0.820 bits per heavy atom. The molecule has 2 heteroatoms. The van der Waals surface area contributed by atoms with Crippen LogP contribution in [0.4, 0.5) is 17.1 Å². The predicted molar refractivity (Wildman–Crippen MR) is 216 cm³/mol. The zero-order valence-electron chi connectivity index (χ0n) is 32.0. The Kier molecular flexibility index (Phi) is 6.46. The zero-order chi connectivity index (χ0) is 37.6. The molecule has 1 aromatic heterocycles. The monoisotopic (exact) mass is 660 g/mol. The Morgan fingerprint density at radius 1 is 0.360 bits per heavy atom. The van der Waals surface area contributed by atoms with Gasteiger partial charge >= 0.3 is 0 Å². The minimum absolute atomic E-state index is 0.187. The average molecular weight is 661 g/mol. The summed E-state index contributed by atoms with van der Waals surface area (Å²) in [7, 11) is 0. The van der Waals surface area contributed by atoms with E-state index in [9.17, 15) is 0 Å². The van der Waals surface area contributed by atoms with Gasteiger partial charge < -0.3 is 4.90 Å². The summed E-state index contributed by atoms with van der Waals surface area (Å²) in [5.41, 5.74) is 10.4. The largest absolute Gasteiger partial charge is 0.311 e. The highest BCUT2D eigenvalue weighted by molar-refractivity contribution is 7.26. The molecule has 0 radical (unpaired) electrons. The minimum Gasteiger partial charge on any atom is -0.311 e. The van der Waals surface area contributed by atoms with Crippen LogP contribution >= 0.6 is 11.3 Å². The van der Waals surface area contributed by atoms with Crippen molar-refractivity contribution in [2.45, 2.75) is 0 Å². The molecule has 1 heterocycles. The van der Waals surface area contributed by atoms with E-state index in [-0.39, 0.29) is 29.7 Å². The first-order valence-corrected chi connectivity index (χ1v) is 17.4. The second-order valence-corrected chi connectivity index (χ2v) is 13.3. The molecular weight excluding hydrogens is 623 g/mol. The Balaban J connectivity index is 1.06. The van der Waals surface area contributed by atoms with E-state index in [0.29, 0.717) is 5.56 Å². The van der Waals surface area contributed by atoms with Gasteiger partial charge in [0, 0.05) is 37.2 Å². The highest BCUT2D eigenvalue weighted by Crippen LogP contribution is 2.41. The fraction of sp³-hybridized carbons (Fsp3) is 0. The van der Waals surface area contributed by atoms with Gasteiger partial charge in [-0.2, -0.15) is 0 Å². The van der Waals surface area contributed by atoms with Gasteiger partial charge in [-0.25, -0.2) is 0 Å². The van der Waals surface area contributed by atoms with Crippen molar-refractivity contribution in [2.75, 3.05) is 4.90 Å². The van der Waals surface area contributed by atoms with E-state index in [4.69, 9.17) is 6.85 Å². The molecule has 0 N–H and O–H groups in total. The van der Waals surface area contributed by atoms with Gasteiger partial charge in [-0.05, 0) is 87.0 Å². The van der Waals surface area contributed by atoms with Crippen LogP contribution in [-0.4, -0.2) is 0 Å². The highest BCUT2D eigenvalue weighted by Gasteiger charge is 2.15. The van der Waals surface area contributed by atoms with Crippen molar-refractivity contribution >= 4 is 48.6 Å². The fourth-order valence-corrected chi connectivity index (χ4v) is 7.91. The first kappa shape index (κ1) is 24.9. The van der Waals surface area contributed by atoms with E-state index < -0.39 is 6.04 Å². The number of fused-ring (bicyclic) bond motifs is 3. The Labute approximate surface area is 304 Å². The number of anilines is 3. The lowest BCUT2D eigenvalue weighted by Gasteiger charge is -2.26. The Hall–Kier alpha value is -6.22. The van der Waals surface area contributed by atoms with E-state index in [1.807, 2.05) is 53.8 Å². The van der Waals surface area contributed by atoms with Crippen LogP contribution < -0.4 is 4.90 Å². The molecule has 0 fully saturated rings. The highest BCUT2D eigenvalue weighted by atomic mass is 32.1. The summed E-state index contributed by atoms with van der Waals surface area (Å²) in [6.45, 7) is 0. The molecule has 0 aliphatic heterocycles. The van der Waals surface area contributed by atoms with Gasteiger partial charge in [-0.1, -0.05) is 158 Å². The van der Waals surface area contributed by atoms with Gasteiger partial charge in [-0.3, -0.25) is 0 Å². The summed E-state index contributed by atoms with van der Waals surface area (Å²) < 4.78 is 43.9. The average Bonchev–Trinajstić information content (AvgIpc) is 3.63. The molecule has 0 spiro atoms. The second-order valence-electron chi connectivity index (χ2n) is 12.2. The van der Waals surface area contributed by atoms with Crippen LogP contribution in [0.15, 0.2) is 200 Å². The lowest BCUT2D eigenvalue weighted by molar-refractivity contribution is 1.28. The van der Waals surface area contributed by atoms with Gasteiger partial charge in [0.2, 0.25) is 0 Å². The molecule has 1 nitrogen and oxygen atoms in total. The molecule has 50 heavy (non-hydrogen) atoms. The molecule has 0 amide bonds. The number of rotatable bonds is 7. The van der Waals surface area contributed by atoms with E-state index in [0.717, 1.165) is 39.3 Å². The minimum atomic E-state index is -0.398. The number of thiophene rings is 1. The predicted octanol–water partition coefficient (Wildman–Crippen LogP) is 14.2. The molecule has 0 aliphatic rings. The van der Waals surface area contributed by atoms with Crippen LogP contribution in [0.5, 0.6) is 0 Å². The first-order valence-electron chi connectivity index (χ1n) is 19.1. The Bertz CT molecular complexity index is 2800. The lowest BCUT2D eigenvalue weighted by Crippen LogP contribution is -2.09. The second kappa shape index (κ2) is 13.0. The molecular formula is C48H33NS. The van der Waals surface area contributed by atoms with Crippen molar-refractivity contribution in [2.24, 2.45) is 0 Å². The van der Waals surface area contributed by atoms with Gasteiger partial charge in [0.25, 0.3) is 0 Å². The zero-order valence-corrected chi connectivity index (χ0v) is 27.8. The first-order chi connectivity index (χ1) is 26.9. The summed E-state index contributed by atoms with van der Waals surface area (Å²) in [5, 5.41) is 2.59. The van der Waals surface area contributed by atoms with E-state index in [1.165, 1.54) is 31.3 Å². The molecule has 9 rings (SSSR count). The van der Waals surface area contributed by atoms with Crippen molar-refractivity contribution in [1.29, 1.82) is 0 Å². The molecule has 0 bridgehead atoms. The summed E-state index contributed by atoms with van der Waals surface area (Å²) in [6, 6.07) is 57.2. The third-order valence-corrected chi connectivity index (χ3v) is 10.4. The van der Waals surface area contributed by atoms with Crippen molar-refractivity contribution in [1.82, 2.24) is 0 Å². The van der Waals surface area contributed by atoms with Crippen LogP contribution in [0, 0.1) is 0 Å². The SMILES string of the molecule is [2H]c1c([2H])c([2H])c(-c2ccc(N(c3ccc(-c4ccccc4)cc3)c3ccc(-c4ccc(-c5cccc6c5sc5ccccc56)cc4)cc3)cc2)c([2H])c1[2H]. The third kappa shape index (κ3) is 5.66. The summed E-state index contributed by atoms with van der Waals surface area (Å²) in [6.07, 6.45) is 0. The summed E-state index contributed by atoms with van der Waals surface area (Å²) >= 11 is 1.84. The van der Waals surface area contributed by atoms with Crippen molar-refractivity contribution in [3.8, 4) is 44.5 Å². The maximum Gasteiger partial charge on any atom is 0.0629 e. The molecule has 8 aromatic carbocycles. The molecule has 0 saturated heterocycles. The number of benzene rings is 8. The van der Waals surface area contributed by atoms with Gasteiger partial charge in [0.1, 0.15) is 0 Å². The maximum absolute atomic E-state index is 8.49. The normalized spacial score (nSPS) is 12.6. The smallest absolute Gasteiger partial charge is 0.0629 e. The molecule has 0 atom stereocenters. The fourth-order valence-electron chi connectivity index (χ4n) is 6.67. The van der Waals surface area contributed by atoms with Gasteiger partial charge in [-0.15, -0.1) is 11.3 Å². The van der Waals surface area contributed by atoms with Crippen LogP contribution in [-0.2, 0) is 0 Å². The molecule has 0 unspecified atom stereocenters.